The van der Waals surface area contributed by atoms with Crippen LogP contribution in [0.5, 0.6) is 0 Å². The lowest BCUT2D eigenvalue weighted by Gasteiger charge is -2.08. The molecule has 0 aliphatic carbocycles. The molecule has 136 valence electrons. The van der Waals surface area contributed by atoms with Crippen LogP contribution >= 0.6 is 11.8 Å². The highest BCUT2D eigenvalue weighted by Crippen LogP contribution is 2.24. The van der Waals surface area contributed by atoms with E-state index in [0.29, 0.717) is 11.7 Å². The van der Waals surface area contributed by atoms with Crippen LogP contribution in [-0.2, 0) is 11.3 Å². The minimum absolute atomic E-state index is 0.0406. The van der Waals surface area contributed by atoms with E-state index in [0.717, 1.165) is 33.5 Å². The molecule has 0 radical (unpaired) electrons. The van der Waals surface area contributed by atoms with Crippen LogP contribution in [0.25, 0.3) is 16.7 Å². The van der Waals surface area contributed by atoms with Gasteiger partial charge in [-0.05, 0) is 43.2 Å². The average Bonchev–Trinajstić information content (AvgIpc) is 3.09. The third-order valence-electron chi connectivity index (χ3n) is 4.31. The van der Waals surface area contributed by atoms with Crippen LogP contribution in [0.1, 0.15) is 16.8 Å². The van der Waals surface area contributed by atoms with Gasteiger partial charge in [-0.15, -0.1) is 10.2 Å². The van der Waals surface area contributed by atoms with Crippen molar-refractivity contribution in [3.63, 3.8) is 0 Å². The Balaban J connectivity index is 1.54. The summed E-state index contributed by atoms with van der Waals surface area (Å²) in [5.41, 5.74) is 4.72. The highest BCUT2D eigenvalue weighted by atomic mass is 32.2. The first-order valence-electron chi connectivity index (χ1n) is 8.67. The first-order chi connectivity index (χ1) is 13.1. The molecule has 4 rings (SSSR count). The Morgan fingerprint density at radius 1 is 1.11 bits per heavy atom. The first kappa shape index (κ1) is 17.5. The lowest BCUT2D eigenvalue weighted by atomic mass is 10.1. The summed E-state index contributed by atoms with van der Waals surface area (Å²) in [6, 6.07) is 15.9. The normalized spacial score (nSPS) is 11.2. The topological polar surface area (TPSA) is 72.2 Å². The molecule has 3 aromatic heterocycles. The number of rotatable bonds is 5. The second-order valence-corrected chi connectivity index (χ2v) is 7.32. The fraction of sp³-hybridized carbons (Fsp3) is 0.200. The van der Waals surface area contributed by atoms with Gasteiger partial charge in [-0.25, -0.2) is 4.98 Å². The monoisotopic (exact) mass is 377 g/mol. The molecule has 0 fully saturated rings. The Morgan fingerprint density at radius 3 is 2.74 bits per heavy atom. The number of pyridine rings is 2. The molecule has 0 unspecified atom stereocenters. The number of benzene rings is 1. The summed E-state index contributed by atoms with van der Waals surface area (Å²) in [5, 5.41) is 13.1. The third-order valence-corrected chi connectivity index (χ3v) is 5.24. The summed E-state index contributed by atoms with van der Waals surface area (Å²) < 4.78 is 1.92. The van der Waals surface area contributed by atoms with Crippen LogP contribution in [0.2, 0.25) is 0 Å². The Bertz CT molecular complexity index is 1120. The lowest BCUT2D eigenvalue weighted by Crippen LogP contribution is -2.24. The lowest BCUT2D eigenvalue weighted by molar-refractivity contribution is -0.118. The van der Waals surface area contributed by atoms with E-state index in [-0.39, 0.29) is 11.7 Å². The minimum atomic E-state index is -0.0406. The van der Waals surface area contributed by atoms with Gasteiger partial charge in [0, 0.05) is 17.6 Å². The fourth-order valence-corrected chi connectivity index (χ4v) is 3.79. The molecule has 6 nitrogen and oxygen atoms in total. The number of fused-ring (bicyclic) bond motifs is 3. The molecule has 3 heterocycles. The van der Waals surface area contributed by atoms with Crippen molar-refractivity contribution in [2.75, 3.05) is 5.75 Å². The minimum Gasteiger partial charge on any atom is -0.351 e. The standard InChI is InChI=1S/C20H19N5OS/c1-13-10-14(2)22-19-16(13)8-9-17-23-24-20(25(17)19)27-12-18(26)21-11-15-6-4-3-5-7-15/h3-10H,11-12H2,1-2H3,(H,21,26). The van der Waals surface area contributed by atoms with Crippen molar-refractivity contribution in [1.82, 2.24) is 24.9 Å². The maximum absolute atomic E-state index is 12.2. The van der Waals surface area contributed by atoms with E-state index in [2.05, 4.69) is 33.5 Å². The van der Waals surface area contributed by atoms with E-state index in [1.807, 2.05) is 53.8 Å². The van der Waals surface area contributed by atoms with Gasteiger partial charge in [0.15, 0.2) is 10.8 Å². The summed E-state index contributed by atoms with van der Waals surface area (Å²) in [6.07, 6.45) is 0. The number of amides is 1. The Morgan fingerprint density at radius 2 is 1.93 bits per heavy atom. The van der Waals surface area contributed by atoms with Crippen molar-refractivity contribution in [3.8, 4) is 0 Å². The Kier molecular flexibility index (Phi) is 4.77. The van der Waals surface area contributed by atoms with Gasteiger partial charge in [0.05, 0.1) is 5.75 Å². The molecular weight excluding hydrogens is 358 g/mol. The van der Waals surface area contributed by atoms with Crippen LogP contribution in [-0.4, -0.2) is 31.2 Å². The van der Waals surface area contributed by atoms with Crippen molar-refractivity contribution in [2.24, 2.45) is 0 Å². The highest BCUT2D eigenvalue weighted by Gasteiger charge is 2.13. The molecule has 1 amide bonds. The molecule has 0 bridgehead atoms. The average molecular weight is 377 g/mol. The third kappa shape index (κ3) is 3.64. The van der Waals surface area contributed by atoms with Gasteiger partial charge in [-0.1, -0.05) is 42.1 Å². The van der Waals surface area contributed by atoms with Crippen LogP contribution in [0.3, 0.4) is 0 Å². The molecule has 0 saturated carbocycles. The molecule has 1 N–H and O–H groups in total. The maximum Gasteiger partial charge on any atom is 0.230 e. The van der Waals surface area contributed by atoms with Crippen LogP contribution in [0.4, 0.5) is 0 Å². The van der Waals surface area contributed by atoms with Gasteiger partial charge in [0.1, 0.15) is 5.65 Å². The summed E-state index contributed by atoms with van der Waals surface area (Å²) in [4.78, 5) is 16.9. The zero-order chi connectivity index (χ0) is 18.8. The summed E-state index contributed by atoms with van der Waals surface area (Å²) in [6.45, 7) is 4.56. The van der Waals surface area contributed by atoms with Crippen molar-refractivity contribution in [3.05, 3.63) is 65.4 Å². The molecule has 7 heteroatoms. The number of carbonyl (C=O) groups excluding carboxylic acids is 1. The van der Waals surface area contributed by atoms with Crippen molar-refractivity contribution in [1.29, 1.82) is 0 Å². The second kappa shape index (κ2) is 7.36. The SMILES string of the molecule is Cc1cc(C)c2ccc3nnc(SCC(=O)NCc4ccccc4)n3c2n1. The smallest absolute Gasteiger partial charge is 0.230 e. The van der Waals surface area contributed by atoms with Crippen molar-refractivity contribution >= 4 is 34.3 Å². The molecule has 27 heavy (non-hydrogen) atoms. The number of nitrogens with one attached hydrogen (secondary N) is 1. The zero-order valence-corrected chi connectivity index (χ0v) is 16.0. The molecular formula is C20H19N5OS. The molecule has 0 saturated heterocycles. The second-order valence-electron chi connectivity index (χ2n) is 6.38. The van der Waals surface area contributed by atoms with E-state index in [4.69, 9.17) is 0 Å². The predicted octanol–water partition coefficient (Wildman–Crippen LogP) is 3.30. The number of aryl methyl sites for hydroxylation is 2. The van der Waals surface area contributed by atoms with Crippen LogP contribution in [0.15, 0.2) is 53.7 Å². The summed E-state index contributed by atoms with van der Waals surface area (Å²) in [5.74, 6) is 0.232. The number of aromatic nitrogens is 4. The summed E-state index contributed by atoms with van der Waals surface area (Å²) in [7, 11) is 0. The largest absolute Gasteiger partial charge is 0.351 e. The fourth-order valence-electron chi connectivity index (χ4n) is 3.02. The van der Waals surface area contributed by atoms with E-state index in [1.54, 1.807) is 0 Å². The van der Waals surface area contributed by atoms with E-state index in [1.165, 1.54) is 11.8 Å². The first-order valence-corrected chi connectivity index (χ1v) is 9.66. The van der Waals surface area contributed by atoms with Gasteiger partial charge >= 0.3 is 0 Å². The van der Waals surface area contributed by atoms with Gasteiger partial charge < -0.3 is 5.32 Å². The molecule has 0 atom stereocenters. The molecule has 0 aliphatic rings. The molecule has 0 aliphatic heterocycles. The maximum atomic E-state index is 12.2. The number of thioether (sulfide) groups is 1. The Labute approximate surface area is 161 Å². The molecule has 0 spiro atoms. The summed E-state index contributed by atoms with van der Waals surface area (Å²) >= 11 is 1.36. The van der Waals surface area contributed by atoms with E-state index >= 15 is 0 Å². The van der Waals surface area contributed by atoms with Gasteiger partial charge in [0.25, 0.3) is 0 Å². The number of hydrogen-bond acceptors (Lipinski definition) is 5. The quantitative estimate of drug-likeness (QED) is 0.540. The predicted molar refractivity (Wildman–Crippen MR) is 107 cm³/mol. The van der Waals surface area contributed by atoms with Gasteiger partial charge in [-0.2, -0.15) is 0 Å². The Hall–Kier alpha value is -2.93. The van der Waals surface area contributed by atoms with Crippen molar-refractivity contribution in [2.45, 2.75) is 25.5 Å². The van der Waals surface area contributed by atoms with E-state index in [9.17, 15) is 4.79 Å². The number of nitrogens with zero attached hydrogens (tertiary/aromatic N) is 4. The zero-order valence-electron chi connectivity index (χ0n) is 15.1. The van der Waals surface area contributed by atoms with Gasteiger partial charge in [0.2, 0.25) is 5.91 Å². The number of hydrogen-bond donors (Lipinski definition) is 1. The van der Waals surface area contributed by atoms with Crippen LogP contribution in [0, 0.1) is 13.8 Å². The molecule has 1 aromatic carbocycles. The number of carbonyl (C=O) groups is 1. The van der Waals surface area contributed by atoms with Crippen LogP contribution < -0.4 is 5.32 Å². The van der Waals surface area contributed by atoms with Crippen molar-refractivity contribution < 1.29 is 4.79 Å². The van der Waals surface area contributed by atoms with E-state index < -0.39 is 0 Å². The highest BCUT2D eigenvalue weighted by molar-refractivity contribution is 7.99. The molecule has 4 aromatic rings. The van der Waals surface area contributed by atoms with Gasteiger partial charge in [-0.3, -0.25) is 9.20 Å².